The Hall–Kier alpha value is -3.02. The van der Waals surface area contributed by atoms with Crippen LogP contribution >= 0.6 is 11.8 Å². The second-order valence-corrected chi connectivity index (χ2v) is 9.56. The third-order valence-electron chi connectivity index (χ3n) is 6.18. The average Bonchev–Trinajstić information content (AvgIpc) is 3.43. The summed E-state index contributed by atoms with van der Waals surface area (Å²) in [6, 6.07) is 12.2. The minimum atomic E-state index is -0.625. The summed E-state index contributed by atoms with van der Waals surface area (Å²) < 4.78 is 1.56. The van der Waals surface area contributed by atoms with Crippen molar-refractivity contribution in [2.24, 2.45) is 0 Å². The van der Waals surface area contributed by atoms with Gasteiger partial charge in [0.25, 0.3) is 5.24 Å². The van der Waals surface area contributed by atoms with Crippen LogP contribution in [0.2, 0.25) is 0 Å². The molecule has 172 valence electrons. The van der Waals surface area contributed by atoms with Gasteiger partial charge in [-0.25, -0.2) is 4.52 Å². The fourth-order valence-corrected chi connectivity index (χ4v) is 5.14. The molecule has 0 aliphatic carbocycles. The molecule has 2 amide bonds. The number of pyridine rings is 1. The van der Waals surface area contributed by atoms with Crippen LogP contribution in [0.25, 0.3) is 5.65 Å². The van der Waals surface area contributed by atoms with Gasteiger partial charge in [0.1, 0.15) is 0 Å². The molecule has 2 saturated heterocycles. The third kappa shape index (κ3) is 5.00. The summed E-state index contributed by atoms with van der Waals surface area (Å²) >= 11 is 1.06. The molecule has 3 aromatic rings. The Morgan fingerprint density at radius 3 is 2.67 bits per heavy atom. The van der Waals surface area contributed by atoms with Crippen molar-refractivity contribution in [1.82, 2.24) is 30.7 Å². The van der Waals surface area contributed by atoms with Gasteiger partial charge in [0.15, 0.2) is 5.65 Å². The number of carbonyl (C=O) groups is 2. The number of hydrogen-bond acceptors (Lipinski definition) is 9. The zero-order chi connectivity index (χ0) is 22.8. The fraction of sp³-hybridized carbons (Fsp3) is 0.409. The van der Waals surface area contributed by atoms with Crippen molar-refractivity contribution in [1.29, 1.82) is 0 Å². The van der Waals surface area contributed by atoms with E-state index in [1.54, 1.807) is 16.8 Å². The van der Waals surface area contributed by atoms with Crippen molar-refractivity contribution < 1.29 is 14.7 Å². The summed E-state index contributed by atoms with van der Waals surface area (Å²) in [4.78, 5) is 25.4. The second kappa shape index (κ2) is 9.46. The first-order valence-electron chi connectivity index (χ1n) is 11.0. The molecule has 5 rings (SSSR count). The first kappa shape index (κ1) is 21.8. The molecule has 2 fully saturated rings. The van der Waals surface area contributed by atoms with Crippen molar-refractivity contribution in [3.05, 3.63) is 53.7 Å². The molecule has 33 heavy (non-hydrogen) atoms. The lowest BCUT2D eigenvalue weighted by Gasteiger charge is -2.34. The Labute approximate surface area is 194 Å². The molecule has 2 atom stereocenters. The van der Waals surface area contributed by atoms with Crippen molar-refractivity contribution in [2.75, 3.05) is 24.5 Å². The SMILES string of the molecule is O=C1NC(=O)C(Cc2ccc(N3CCC(NC[C@H](O)c4ccc5nnnn5c4)CC3)cc2)S1. The molecule has 10 nitrogen and oxygen atoms in total. The minimum Gasteiger partial charge on any atom is -0.387 e. The highest BCUT2D eigenvalue weighted by Gasteiger charge is 2.31. The van der Waals surface area contributed by atoms with Gasteiger partial charge in [-0.15, -0.1) is 5.10 Å². The number of imide groups is 1. The number of tetrazole rings is 1. The van der Waals surface area contributed by atoms with Crippen LogP contribution in [0, 0.1) is 0 Å². The average molecular weight is 468 g/mol. The van der Waals surface area contributed by atoms with Crippen LogP contribution in [0.15, 0.2) is 42.6 Å². The number of nitrogens with zero attached hydrogens (tertiary/aromatic N) is 5. The van der Waals surface area contributed by atoms with E-state index in [9.17, 15) is 14.7 Å². The Morgan fingerprint density at radius 1 is 1.15 bits per heavy atom. The van der Waals surface area contributed by atoms with Gasteiger partial charge in [-0.1, -0.05) is 30.0 Å². The van der Waals surface area contributed by atoms with Crippen LogP contribution in [0.4, 0.5) is 10.5 Å². The van der Waals surface area contributed by atoms with Gasteiger partial charge in [-0.05, 0) is 53.5 Å². The van der Waals surface area contributed by atoms with Gasteiger partial charge < -0.3 is 15.3 Å². The zero-order valence-electron chi connectivity index (χ0n) is 17.9. The maximum Gasteiger partial charge on any atom is 0.286 e. The van der Waals surface area contributed by atoms with Gasteiger partial charge in [0.05, 0.1) is 11.4 Å². The van der Waals surface area contributed by atoms with Crippen LogP contribution in [-0.2, 0) is 11.2 Å². The lowest BCUT2D eigenvalue weighted by atomic mass is 10.0. The summed E-state index contributed by atoms with van der Waals surface area (Å²) in [6.07, 6.45) is 3.66. The first-order chi connectivity index (χ1) is 16.0. The Kier molecular flexibility index (Phi) is 6.25. The number of aliphatic hydroxyl groups is 1. The van der Waals surface area contributed by atoms with Crippen LogP contribution in [0.1, 0.15) is 30.1 Å². The lowest BCUT2D eigenvalue weighted by molar-refractivity contribution is -0.118. The van der Waals surface area contributed by atoms with Crippen molar-refractivity contribution >= 4 is 34.2 Å². The Morgan fingerprint density at radius 2 is 1.94 bits per heavy atom. The fourth-order valence-electron chi connectivity index (χ4n) is 4.28. The first-order valence-corrected chi connectivity index (χ1v) is 11.9. The number of anilines is 1. The van der Waals surface area contributed by atoms with Crippen LogP contribution < -0.4 is 15.5 Å². The number of benzene rings is 1. The molecular weight excluding hydrogens is 442 g/mol. The molecule has 0 saturated carbocycles. The summed E-state index contributed by atoms with van der Waals surface area (Å²) in [5.41, 5.74) is 3.63. The highest BCUT2D eigenvalue weighted by Crippen LogP contribution is 2.25. The monoisotopic (exact) mass is 467 g/mol. The van der Waals surface area contributed by atoms with E-state index in [2.05, 4.69) is 43.2 Å². The van der Waals surface area contributed by atoms with Gasteiger partial charge >= 0.3 is 0 Å². The smallest absolute Gasteiger partial charge is 0.286 e. The number of amides is 2. The maximum absolute atomic E-state index is 11.8. The molecule has 1 unspecified atom stereocenters. The molecule has 0 bridgehead atoms. The number of aliphatic hydroxyl groups excluding tert-OH is 1. The summed E-state index contributed by atoms with van der Waals surface area (Å²) in [7, 11) is 0. The molecule has 3 N–H and O–H groups in total. The van der Waals surface area contributed by atoms with Crippen molar-refractivity contribution in [2.45, 2.75) is 36.7 Å². The number of hydrogen-bond donors (Lipinski definition) is 3. The van der Waals surface area contributed by atoms with E-state index < -0.39 is 6.10 Å². The Balaban J connectivity index is 1.09. The second-order valence-electron chi connectivity index (χ2n) is 8.38. The highest BCUT2D eigenvalue weighted by atomic mass is 32.2. The molecule has 2 aromatic heterocycles. The van der Waals surface area contributed by atoms with E-state index in [0.717, 1.165) is 54.5 Å². The zero-order valence-corrected chi connectivity index (χ0v) is 18.7. The van der Waals surface area contributed by atoms with Gasteiger partial charge in [-0.3, -0.25) is 14.9 Å². The molecule has 0 spiro atoms. The highest BCUT2D eigenvalue weighted by molar-refractivity contribution is 8.15. The molecule has 4 heterocycles. The third-order valence-corrected chi connectivity index (χ3v) is 7.17. The van der Waals surface area contributed by atoms with E-state index in [1.807, 2.05) is 18.2 Å². The number of carbonyl (C=O) groups excluding carboxylic acids is 2. The maximum atomic E-state index is 11.8. The van der Waals surface area contributed by atoms with E-state index in [0.29, 0.717) is 24.7 Å². The largest absolute Gasteiger partial charge is 0.387 e. The number of piperidine rings is 1. The number of nitrogens with one attached hydrogen (secondary N) is 2. The topological polar surface area (TPSA) is 125 Å². The summed E-state index contributed by atoms with van der Waals surface area (Å²) in [5.74, 6) is -0.204. The van der Waals surface area contributed by atoms with E-state index in [-0.39, 0.29) is 16.4 Å². The van der Waals surface area contributed by atoms with Crippen LogP contribution in [0.5, 0.6) is 0 Å². The molecular formula is C22H25N7O3S. The van der Waals surface area contributed by atoms with Gasteiger partial charge in [0, 0.05) is 43.1 Å². The van der Waals surface area contributed by atoms with E-state index in [1.165, 1.54) is 0 Å². The minimum absolute atomic E-state index is 0.204. The molecule has 11 heteroatoms. The Bertz CT molecular complexity index is 1140. The normalized spacial score (nSPS) is 20.4. The molecule has 2 aliphatic rings. The quantitative estimate of drug-likeness (QED) is 0.472. The van der Waals surface area contributed by atoms with Crippen LogP contribution in [-0.4, -0.2) is 67.2 Å². The van der Waals surface area contributed by atoms with Gasteiger partial charge in [-0.2, -0.15) is 0 Å². The van der Waals surface area contributed by atoms with Gasteiger partial charge in [0.2, 0.25) is 5.91 Å². The number of rotatable bonds is 7. The van der Waals surface area contributed by atoms with E-state index >= 15 is 0 Å². The van der Waals surface area contributed by atoms with Crippen molar-refractivity contribution in [3.63, 3.8) is 0 Å². The molecule has 2 aliphatic heterocycles. The van der Waals surface area contributed by atoms with Crippen molar-refractivity contribution in [3.8, 4) is 0 Å². The number of fused-ring (bicyclic) bond motifs is 1. The predicted molar refractivity (Wildman–Crippen MR) is 124 cm³/mol. The predicted octanol–water partition coefficient (Wildman–Crippen LogP) is 1.31. The summed E-state index contributed by atoms with van der Waals surface area (Å²) in [5, 5.41) is 27.1. The standard InChI is InChI=1S/C22H25N7O3S/c30-18(15-3-6-20-25-26-27-29(20)13-15)12-23-16-7-9-28(10-8-16)17-4-1-14(2-5-17)11-19-21(31)24-22(32)33-19/h1-6,13,16,18-19,23,30H,7-12H2,(H,24,31,32)/t18-,19?/m0/s1. The summed E-state index contributed by atoms with van der Waals surface area (Å²) in [6.45, 7) is 2.33. The van der Waals surface area contributed by atoms with E-state index in [4.69, 9.17) is 0 Å². The van der Waals surface area contributed by atoms with Crippen LogP contribution in [0.3, 0.4) is 0 Å². The lowest BCUT2D eigenvalue weighted by Crippen LogP contribution is -2.43. The molecule has 0 radical (unpaired) electrons. The number of aromatic nitrogens is 4. The molecule has 1 aromatic carbocycles. The number of thioether (sulfide) groups is 1.